The highest BCUT2D eigenvalue weighted by Crippen LogP contribution is 2.12. The average Bonchev–Trinajstić information content (AvgIpc) is 2.63. The summed E-state index contributed by atoms with van der Waals surface area (Å²) in [5, 5.41) is 2.73. The molecule has 25 heavy (non-hydrogen) atoms. The second-order valence-electron chi connectivity index (χ2n) is 5.61. The van der Waals surface area contributed by atoms with Gasteiger partial charge in [-0.25, -0.2) is 9.18 Å². The van der Waals surface area contributed by atoms with Crippen LogP contribution >= 0.6 is 0 Å². The van der Waals surface area contributed by atoms with Gasteiger partial charge in [0.1, 0.15) is 5.82 Å². The van der Waals surface area contributed by atoms with Crippen LogP contribution < -0.4 is 5.32 Å². The minimum absolute atomic E-state index is 0.161. The maximum Gasteiger partial charge on any atom is 0.331 e. The normalized spacial score (nSPS) is 11.9. The van der Waals surface area contributed by atoms with Crippen molar-refractivity contribution >= 4 is 18.0 Å². The molecular weight excluding hydrogens is 321 g/mol. The number of hydrogen-bond donors (Lipinski definition) is 1. The summed E-state index contributed by atoms with van der Waals surface area (Å²) in [6, 6.07) is 15.6. The van der Waals surface area contributed by atoms with Crippen molar-refractivity contribution in [2.45, 2.75) is 12.8 Å². The van der Waals surface area contributed by atoms with Crippen LogP contribution in [-0.2, 0) is 14.3 Å². The van der Waals surface area contributed by atoms with E-state index < -0.39 is 5.97 Å². The molecule has 5 heteroatoms. The second kappa shape index (κ2) is 9.37. The summed E-state index contributed by atoms with van der Waals surface area (Å²) in [6.45, 7) is 2.11. The van der Waals surface area contributed by atoms with Crippen LogP contribution in [0.3, 0.4) is 0 Å². The monoisotopic (exact) mass is 341 g/mol. The summed E-state index contributed by atoms with van der Waals surface area (Å²) in [7, 11) is 0. The molecule has 0 saturated heterocycles. The molecule has 0 radical (unpaired) electrons. The smallest absolute Gasteiger partial charge is 0.331 e. The third kappa shape index (κ3) is 6.59. The van der Waals surface area contributed by atoms with Gasteiger partial charge >= 0.3 is 5.97 Å². The second-order valence-corrected chi connectivity index (χ2v) is 5.61. The molecule has 0 aliphatic rings. The van der Waals surface area contributed by atoms with Crippen molar-refractivity contribution in [3.63, 3.8) is 0 Å². The van der Waals surface area contributed by atoms with E-state index >= 15 is 0 Å². The highest BCUT2D eigenvalue weighted by atomic mass is 19.1. The Kier molecular flexibility index (Phi) is 6.89. The molecule has 4 nitrogen and oxygen atoms in total. The number of ether oxygens (including phenoxy) is 1. The van der Waals surface area contributed by atoms with Crippen LogP contribution in [0.1, 0.15) is 24.0 Å². The predicted molar refractivity (Wildman–Crippen MR) is 94.3 cm³/mol. The van der Waals surface area contributed by atoms with Crippen molar-refractivity contribution in [2.75, 3.05) is 13.2 Å². The van der Waals surface area contributed by atoms with Crippen molar-refractivity contribution in [1.82, 2.24) is 5.32 Å². The number of halogens is 1. The number of hydrogen-bond acceptors (Lipinski definition) is 3. The molecule has 0 aliphatic heterocycles. The number of rotatable bonds is 7. The lowest BCUT2D eigenvalue weighted by molar-refractivity contribution is -0.143. The van der Waals surface area contributed by atoms with E-state index in [9.17, 15) is 14.0 Å². The molecule has 0 fully saturated rings. The number of amides is 1. The fourth-order valence-electron chi connectivity index (χ4n) is 2.18. The van der Waals surface area contributed by atoms with Crippen LogP contribution in [-0.4, -0.2) is 25.0 Å². The molecule has 0 bridgehead atoms. The summed E-state index contributed by atoms with van der Waals surface area (Å²) in [5.41, 5.74) is 1.66. The summed E-state index contributed by atoms with van der Waals surface area (Å²) in [4.78, 5) is 23.3. The van der Waals surface area contributed by atoms with Crippen LogP contribution in [0.25, 0.3) is 6.08 Å². The van der Waals surface area contributed by atoms with Gasteiger partial charge in [-0.1, -0.05) is 49.4 Å². The lowest BCUT2D eigenvalue weighted by atomic mass is 10.0. The zero-order chi connectivity index (χ0) is 18.1. The van der Waals surface area contributed by atoms with E-state index in [1.165, 1.54) is 18.2 Å². The van der Waals surface area contributed by atoms with E-state index in [-0.39, 0.29) is 24.2 Å². The number of nitrogens with one attached hydrogen (secondary N) is 1. The molecule has 1 amide bonds. The van der Waals surface area contributed by atoms with Gasteiger partial charge in [-0.15, -0.1) is 0 Å². The molecule has 0 heterocycles. The topological polar surface area (TPSA) is 55.4 Å². The van der Waals surface area contributed by atoms with Gasteiger partial charge in [0, 0.05) is 12.6 Å². The minimum atomic E-state index is -0.657. The molecule has 130 valence electrons. The van der Waals surface area contributed by atoms with Crippen molar-refractivity contribution in [2.24, 2.45) is 0 Å². The van der Waals surface area contributed by atoms with E-state index in [0.717, 1.165) is 11.6 Å². The van der Waals surface area contributed by atoms with Crippen molar-refractivity contribution < 1.29 is 18.7 Å². The Morgan fingerprint density at radius 1 is 1.16 bits per heavy atom. The zero-order valence-electron chi connectivity index (χ0n) is 13.9. The van der Waals surface area contributed by atoms with Gasteiger partial charge in [0.25, 0.3) is 5.91 Å². The molecule has 1 N–H and O–H groups in total. The summed E-state index contributed by atoms with van der Waals surface area (Å²) in [5.74, 6) is -1.25. The van der Waals surface area contributed by atoms with Crippen molar-refractivity contribution in [1.29, 1.82) is 0 Å². The Bertz CT molecular complexity index is 744. The lowest BCUT2D eigenvalue weighted by Crippen LogP contribution is -2.31. The third-order valence-electron chi connectivity index (χ3n) is 3.58. The van der Waals surface area contributed by atoms with Gasteiger partial charge < -0.3 is 10.1 Å². The molecule has 0 saturated carbocycles. The van der Waals surface area contributed by atoms with Gasteiger partial charge in [-0.3, -0.25) is 4.79 Å². The summed E-state index contributed by atoms with van der Waals surface area (Å²) >= 11 is 0. The number of carbonyl (C=O) groups excluding carboxylic acids is 2. The number of carbonyl (C=O) groups is 2. The van der Waals surface area contributed by atoms with E-state index in [4.69, 9.17) is 4.74 Å². The van der Waals surface area contributed by atoms with Gasteiger partial charge in [-0.2, -0.15) is 0 Å². The molecule has 0 spiro atoms. The molecule has 2 rings (SSSR count). The first-order valence-corrected chi connectivity index (χ1v) is 7.96. The fraction of sp³-hybridized carbons (Fsp3) is 0.200. The maximum absolute atomic E-state index is 13.0. The predicted octanol–water partition coefficient (Wildman–Crippen LogP) is 3.30. The van der Waals surface area contributed by atoms with Crippen LogP contribution in [0.4, 0.5) is 4.39 Å². The lowest BCUT2D eigenvalue weighted by Gasteiger charge is -2.12. The highest BCUT2D eigenvalue weighted by molar-refractivity contribution is 5.89. The summed E-state index contributed by atoms with van der Waals surface area (Å²) in [6.07, 6.45) is 2.59. The van der Waals surface area contributed by atoms with Crippen LogP contribution in [0.5, 0.6) is 0 Å². The molecule has 0 aliphatic carbocycles. The van der Waals surface area contributed by atoms with E-state index in [0.29, 0.717) is 12.1 Å². The highest BCUT2D eigenvalue weighted by Gasteiger charge is 2.09. The minimum Gasteiger partial charge on any atom is -0.452 e. The van der Waals surface area contributed by atoms with Crippen LogP contribution in [0, 0.1) is 5.82 Å². The van der Waals surface area contributed by atoms with Crippen LogP contribution in [0.15, 0.2) is 60.7 Å². The van der Waals surface area contributed by atoms with Gasteiger partial charge in [0.2, 0.25) is 0 Å². The average molecular weight is 341 g/mol. The molecule has 0 aromatic heterocycles. The van der Waals surface area contributed by atoms with Gasteiger partial charge in [-0.05, 0) is 35.3 Å². The van der Waals surface area contributed by atoms with Gasteiger partial charge in [0.05, 0.1) is 0 Å². The maximum atomic E-state index is 13.0. The van der Waals surface area contributed by atoms with Crippen molar-refractivity contribution in [3.05, 3.63) is 77.6 Å². The van der Waals surface area contributed by atoms with E-state index in [1.54, 1.807) is 12.1 Å². The third-order valence-corrected chi connectivity index (χ3v) is 3.58. The molecule has 2 aromatic carbocycles. The quantitative estimate of drug-likeness (QED) is 0.621. The standard InChI is InChI=1S/C20H20FNO3/c1-15(17-7-3-2-4-8-17)13-22-19(23)14-25-20(24)11-10-16-6-5-9-18(21)12-16/h2-12,15H,13-14H2,1H3,(H,22,23)/b11-10+/t15-/m0/s1. The van der Waals surface area contributed by atoms with Gasteiger partial charge in [0.15, 0.2) is 6.61 Å². The first-order valence-electron chi connectivity index (χ1n) is 7.96. The number of benzene rings is 2. The molecular formula is C20H20FNO3. The Labute approximate surface area is 146 Å². The van der Waals surface area contributed by atoms with E-state index in [1.807, 2.05) is 37.3 Å². The zero-order valence-corrected chi connectivity index (χ0v) is 13.9. The Morgan fingerprint density at radius 3 is 2.64 bits per heavy atom. The first kappa shape index (κ1) is 18.4. The number of esters is 1. The SMILES string of the molecule is C[C@@H](CNC(=O)COC(=O)/C=C/c1cccc(F)c1)c1ccccc1. The Morgan fingerprint density at radius 2 is 1.92 bits per heavy atom. The Balaban J connectivity index is 1.71. The van der Waals surface area contributed by atoms with Crippen LogP contribution in [0.2, 0.25) is 0 Å². The van der Waals surface area contributed by atoms with E-state index in [2.05, 4.69) is 5.32 Å². The summed E-state index contributed by atoms with van der Waals surface area (Å²) < 4.78 is 17.9. The first-order chi connectivity index (χ1) is 12.0. The fourth-order valence-corrected chi connectivity index (χ4v) is 2.18. The Hall–Kier alpha value is -2.95. The molecule has 1 atom stereocenters. The molecule has 2 aromatic rings. The molecule has 0 unspecified atom stereocenters. The van der Waals surface area contributed by atoms with Crippen molar-refractivity contribution in [3.8, 4) is 0 Å². The largest absolute Gasteiger partial charge is 0.452 e.